The minimum atomic E-state index is -0.248. The zero-order chi connectivity index (χ0) is 16.3. The first kappa shape index (κ1) is 17.0. The molecule has 122 valence electrons. The molecule has 2 rings (SSSR count). The highest BCUT2D eigenvalue weighted by Gasteiger charge is 2.10. The van der Waals surface area contributed by atoms with Gasteiger partial charge >= 0.3 is 0 Å². The van der Waals surface area contributed by atoms with Gasteiger partial charge in [0.1, 0.15) is 5.82 Å². The zero-order valence-corrected chi connectivity index (χ0v) is 13.2. The monoisotopic (exact) mass is 312 g/mol. The summed E-state index contributed by atoms with van der Waals surface area (Å²) in [7, 11) is 0. The first-order chi connectivity index (χ1) is 11.3. The van der Waals surface area contributed by atoms with Gasteiger partial charge in [0.2, 0.25) is 5.91 Å². The average Bonchev–Trinajstić information content (AvgIpc) is 2.59. The molecule has 1 atom stereocenters. The maximum atomic E-state index is 11.9. The Hall–Kier alpha value is -2.40. The second kappa shape index (κ2) is 9.58. The quantitative estimate of drug-likeness (QED) is 0.621. The lowest BCUT2D eigenvalue weighted by molar-refractivity contribution is -0.121. The number of hydrogen-bond donors (Lipinski definition) is 3. The molecule has 23 heavy (non-hydrogen) atoms. The molecule has 1 aromatic carbocycles. The average molecular weight is 312 g/mol. The van der Waals surface area contributed by atoms with Gasteiger partial charge in [0, 0.05) is 31.7 Å². The predicted octanol–water partition coefficient (Wildman–Crippen LogP) is 2.48. The van der Waals surface area contributed by atoms with Gasteiger partial charge in [0.15, 0.2) is 0 Å². The summed E-state index contributed by atoms with van der Waals surface area (Å²) in [6, 6.07) is 15.2. The Morgan fingerprint density at radius 3 is 2.52 bits per heavy atom. The van der Waals surface area contributed by atoms with Crippen molar-refractivity contribution < 1.29 is 4.79 Å². The Morgan fingerprint density at radius 2 is 1.78 bits per heavy atom. The van der Waals surface area contributed by atoms with Crippen molar-refractivity contribution in [3.05, 3.63) is 60.3 Å². The summed E-state index contributed by atoms with van der Waals surface area (Å²) in [6.45, 7) is 1.51. The molecular weight excluding hydrogens is 288 g/mol. The van der Waals surface area contributed by atoms with Crippen molar-refractivity contribution in [2.75, 3.05) is 18.4 Å². The fourth-order valence-electron chi connectivity index (χ4n) is 2.25. The number of unbranched alkanes of at least 4 members (excludes halogenated alkanes) is 1. The lowest BCUT2D eigenvalue weighted by Crippen LogP contribution is -2.28. The molecule has 0 bridgehead atoms. The molecule has 0 radical (unpaired) electrons. The van der Waals surface area contributed by atoms with E-state index in [0.717, 1.165) is 30.8 Å². The van der Waals surface area contributed by atoms with Crippen LogP contribution in [0, 0.1) is 0 Å². The minimum absolute atomic E-state index is 0.000890. The van der Waals surface area contributed by atoms with Gasteiger partial charge in [-0.3, -0.25) is 4.79 Å². The second-order valence-electron chi connectivity index (χ2n) is 5.42. The van der Waals surface area contributed by atoms with Gasteiger partial charge in [-0.1, -0.05) is 36.4 Å². The maximum absolute atomic E-state index is 11.9. The van der Waals surface area contributed by atoms with Gasteiger partial charge < -0.3 is 16.4 Å². The second-order valence-corrected chi connectivity index (χ2v) is 5.42. The molecule has 0 saturated heterocycles. The van der Waals surface area contributed by atoms with E-state index >= 15 is 0 Å². The molecular formula is C18H24N4O. The van der Waals surface area contributed by atoms with Crippen LogP contribution in [0.4, 0.5) is 5.82 Å². The van der Waals surface area contributed by atoms with Crippen molar-refractivity contribution in [1.29, 1.82) is 0 Å². The fraction of sp³-hybridized carbons (Fsp3) is 0.333. The lowest BCUT2D eigenvalue weighted by atomic mass is 10.0. The summed E-state index contributed by atoms with van der Waals surface area (Å²) in [5.41, 5.74) is 7.02. The Kier molecular flexibility index (Phi) is 7.07. The number of pyridine rings is 1. The molecule has 0 saturated carbocycles. The van der Waals surface area contributed by atoms with E-state index in [9.17, 15) is 4.79 Å². The molecule has 0 aliphatic heterocycles. The molecule has 2 aromatic rings. The number of aromatic nitrogens is 1. The molecule has 5 heteroatoms. The van der Waals surface area contributed by atoms with Gasteiger partial charge in [-0.25, -0.2) is 4.98 Å². The largest absolute Gasteiger partial charge is 0.370 e. The van der Waals surface area contributed by atoms with E-state index in [2.05, 4.69) is 15.6 Å². The predicted molar refractivity (Wildman–Crippen MR) is 93.0 cm³/mol. The van der Waals surface area contributed by atoms with Gasteiger partial charge in [0.05, 0.1) is 0 Å². The molecule has 1 unspecified atom stereocenters. The SMILES string of the molecule is NC(CC(=O)NCCCCNc1ccccn1)c1ccccc1. The number of amides is 1. The third kappa shape index (κ3) is 6.48. The van der Waals surface area contributed by atoms with Crippen LogP contribution in [0.5, 0.6) is 0 Å². The Labute approximate surface area is 137 Å². The maximum Gasteiger partial charge on any atom is 0.221 e. The van der Waals surface area contributed by atoms with E-state index < -0.39 is 0 Å². The smallest absolute Gasteiger partial charge is 0.221 e. The first-order valence-electron chi connectivity index (χ1n) is 7.98. The highest BCUT2D eigenvalue weighted by atomic mass is 16.1. The summed E-state index contributed by atoms with van der Waals surface area (Å²) in [4.78, 5) is 16.1. The normalized spacial score (nSPS) is 11.7. The summed E-state index contributed by atoms with van der Waals surface area (Å²) >= 11 is 0. The summed E-state index contributed by atoms with van der Waals surface area (Å²) < 4.78 is 0. The van der Waals surface area contributed by atoms with E-state index in [-0.39, 0.29) is 11.9 Å². The Bertz CT molecular complexity index is 574. The molecule has 1 amide bonds. The Morgan fingerprint density at radius 1 is 1.04 bits per heavy atom. The van der Waals surface area contributed by atoms with Crippen molar-refractivity contribution in [3.63, 3.8) is 0 Å². The fourth-order valence-corrected chi connectivity index (χ4v) is 2.25. The molecule has 0 aliphatic rings. The highest BCUT2D eigenvalue weighted by molar-refractivity contribution is 5.76. The molecule has 1 heterocycles. The summed E-state index contributed by atoms with van der Waals surface area (Å²) in [5, 5.41) is 6.16. The van der Waals surface area contributed by atoms with Crippen molar-refractivity contribution >= 4 is 11.7 Å². The number of carbonyl (C=O) groups excluding carboxylic acids is 1. The van der Waals surface area contributed by atoms with E-state index in [1.54, 1.807) is 6.20 Å². The third-order valence-electron chi connectivity index (χ3n) is 3.53. The topological polar surface area (TPSA) is 80.0 Å². The third-order valence-corrected chi connectivity index (χ3v) is 3.53. The van der Waals surface area contributed by atoms with Crippen LogP contribution in [0.15, 0.2) is 54.7 Å². The lowest BCUT2D eigenvalue weighted by Gasteiger charge is -2.12. The zero-order valence-electron chi connectivity index (χ0n) is 13.2. The molecule has 4 N–H and O–H groups in total. The standard InChI is InChI=1S/C18H24N4O/c19-16(15-8-2-1-3-9-15)14-18(23)22-13-7-6-12-21-17-10-4-5-11-20-17/h1-5,8-11,16H,6-7,12-14,19H2,(H,20,21)(H,22,23). The van der Waals surface area contributed by atoms with Crippen LogP contribution >= 0.6 is 0 Å². The van der Waals surface area contributed by atoms with Gasteiger partial charge in [-0.05, 0) is 30.5 Å². The van der Waals surface area contributed by atoms with Crippen LogP contribution in [-0.2, 0) is 4.79 Å². The van der Waals surface area contributed by atoms with Crippen molar-refractivity contribution in [2.45, 2.75) is 25.3 Å². The Balaban J connectivity index is 1.55. The highest BCUT2D eigenvalue weighted by Crippen LogP contribution is 2.12. The molecule has 0 spiro atoms. The summed E-state index contributed by atoms with van der Waals surface area (Å²) in [5.74, 6) is 0.879. The molecule has 0 aliphatic carbocycles. The molecule has 0 fully saturated rings. The van der Waals surface area contributed by atoms with Gasteiger partial charge in [-0.2, -0.15) is 0 Å². The van der Waals surface area contributed by atoms with Crippen LogP contribution in [0.3, 0.4) is 0 Å². The molecule has 5 nitrogen and oxygen atoms in total. The van der Waals surface area contributed by atoms with Crippen molar-refractivity contribution in [1.82, 2.24) is 10.3 Å². The number of anilines is 1. The van der Waals surface area contributed by atoms with E-state index in [4.69, 9.17) is 5.73 Å². The van der Waals surface area contributed by atoms with Crippen molar-refractivity contribution in [2.24, 2.45) is 5.73 Å². The number of nitrogens with one attached hydrogen (secondary N) is 2. The number of rotatable bonds is 9. The molecule has 1 aromatic heterocycles. The van der Waals surface area contributed by atoms with Crippen LogP contribution < -0.4 is 16.4 Å². The minimum Gasteiger partial charge on any atom is -0.370 e. The van der Waals surface area contributed by atoms with E-state index in [1.165, 1.54) is 0 Å². The summed E-state index contributed by atoms with van der Waals surface area (Å²) in [6.07, 6.45) is 3.97. The van der Waals surface area contributed by atoms with Crippen LogP contribution in [-0.4, -0.2) is 24.0 Å². The number of nitrogens with two attached hydrogens (primary N) is 1. The van der Waals surface area contributed by atoms with Crippen LogP contribution in [0.2, 0.25) is 0 Å². The van der Waals surface area contributed by atoms with Gasteiger partial charge in [0.25, 0.3) is 0 Å². The van der Waals surface area contributed by atoms with E-state index in [1.807, 2.05) is 48.5 Å². The van der Waals surface area contributed by atoms with Crippen LogP contribution in [0.1, 0.15) is 30.9 Å². The van der Waals surface area contributed by atoms with Gasteiger partial charge in [-0.15, -0.1) is 0 Å². The van der Waals surface area contributed by atoms with E-state index in [0.29, 0.717) is 13.0 Å². The number of benzene rings is 1. The van der Waals surface area contributed by atoms with Crippen LogP contribution in [0.25, 0.3) is 0 Å². The number of carbonyl (C=O) groups is 1. The van der Waals surface area contributed by atoms with Crippen molar-refractivity contribution in [3.8, 4) is 0 Å². The number of hydrogen-bond acceptors (Lipinski definition) is 4. The number of nitrogens with zero attached hydrogens (tertiary/aromatic N) is 1. The first-order valence-corrected chi connectivity index (χ1v) is 7.98.